The fourth-order valence-electron chi connectivity index (χ4n) is 5.37. The van der Waals surface area contributed by atoms with Crippen molar-refractivity contribution in [3.63, 3.8) is 0 Å². The minimum Gasteiger partial charge on any atom is -0.497 e. The number of aliphatic hydroxyl groups is 1. The number of methoxy groups -OCH3 is 1. The number of anilines is 2. The summed E-state index contributed by atoms with van der Waals surface area (Å²) in [6, 6.07) is 8.41. The Bertz CT molecular complexity index is 1450. The molecule has 0 aliphatic carbocycles. The SMILES string of the molecule is CC/C=C(/Nc1cc(N2CCC(C)(O)C2)ccc1C(F)(F)F)C1=C(C(=N)c2cc(C)cc(OC)c2)CCN1C(N)=O.CCCC. The van der Waals surface area contributed by atoms with Crippen LogP contribution in [0, 0.1) is 12.3 Å². The van der Waals surface area contributed by atoms with Crippen molar-refractivity contribution in [3.8, 4) is 5.75 Å². The maximum atomic E-state index is 14.2. The number of carbonyl (C=O) groups is 1. The number of primary amides is 1. The number of hydrogen-bond acceptors (Lipinski definition) is 6. The average Bonchev–Trinajstić information content (AvgIpc) is 3.59. The minimum atomic E-state index is -4.66. The first-order valence-corrected chi connectivity index (χ1v) is 15.4. The molecule has 1 saturated heterocycles. The Morgan fingerprint density at radius 1 is 1.16 bits per heavy atom. The summed E-state index contributed by atoms with van der Waals surface area (Å²) < 4.78 is 47.9. The Morgan fingerprint density at radius 2 is 1.84 bits per heavy atom. The number of aryl methyl sites for hydroxylation is 1. The van der Waals surface area contributed by atoms with Crippen molar-refractivity contribution in [3.05, 3.63) is 76.1 Å². The van der Waals surface area contributed by atoms with Crippen molar-refractivity contribution in [2.24, 2.45) is 5.73 Å². The van der Waals surface area contributed by atoms with Crippen molar-refractivity contribution < 1.29 is 27.8 Å². The van der Waals surface area contributed by atoms with Gasteiger partial charge in [0.2, 0.25) is 0 Å². The second-order valence-electron chi connectivity index (χ2n) is 11.7. The summed E-state index contributed by atoms with van der Waals surface area (Å²) in [5, 5.41) is 22.4. The molecule has 2 aromatic carbocycles. The fourth-order valence-corrected chi connectivity index (χ4v) is 5.37. The number of benzene rings is 2. The number of allylic oxidation sites excluding steroid dienone is 1. The van der Waals surface area contributed by atoms with Crippen molar-refractivity contribution >= 4 is 23.1 Å². The average molecular weight is 630 g/mol. The third-order valence-electron chi connectivity index (χ3n) is 7.84. The molecule has 0 saturated carbocycles. The number of β-amino-alcohol motifs (C(OH)–C–C–N with tert-alkyl or cyclic N) is 1. The molecule has 2 aliphatic rings. The molecule has 2 amide bonds. The highest BCUT2D eigenvalue weighted by Gasteiger charge is 2.37. The molecule has 1 atom stereocenters. The number of nitrogens with zero attached hydrogens (tertiary/aromatic N) is 2. The Balaban J connectivity index is 0.00000130. The molecular weight excluding hydrogens is 583 g/mol. The van der Waals surface area contributed by atoms with E-state index in [1.54, 1.807) is 19.1 Å². The van der Waals surface area contributed by atoms with Crippen LogP contribution in [-0.2, 0) is 6.18 Å². The smallest absolute Gasteiger partial charge is 0.418 e. The molecule has 0 bridgehead atoms. The van der Waals surface area contributed by atoms with Gasteiger partial charge in [-0.2, -0.15) is 13.2 Å². The molecule has 2 aliphatic heterocycles. The van der Waals surface area contributed by atoms with Crippen LogP contribution in [0.1, 0.15) is 76.5 Å². The van der Waals surface area contributed by atoms with Crippen LogP contribution in [0.3, 0.4) is 0 Å². The lowest BCUT2D eigenvalue weighted by Gasteiger charge is -2.26. The second-order valence-corrected chi connectivity index (χ2v) is 11.7. The van der Waals surface area contributed by atoms with Gasteiger partial charge >= 0.3 is 12.2 Å². The maximum Gasteiger partial charge on any atom is 0.418 e. The Labute approximate surface area is 264 Å². The summed E-state index contributed by atoms with van der Waals surface area (Å²) in [5.74, 6) is 0.562. The van der Waals surface area contributed by atoms with Crippen LogP contribution >= 0.6 is 0 Å². The van der Waals surface area contributed by atoms with E-state index in [2.05, 4.69) is 19.2 Å². The quantitative estimate of drug-likeness (QED) is 0.213. The number of unbranched alkanes of at least 4 members (excludes halogenated alkanes) is 1. The number of urea groups is 1. The van der Waals surface area contributed by atoms with Gasteiger partial charge in [0.15, 0.2) is 0 Å². The molecule has 2 heterocycles. The van der Waals surface area contributed by atoms with Gasteiger partial charge in [0.1, 0.15) is 5.75 Å². The van der Waals surface area contributed by atoms with Crippen molar-refractivity contribution in [1.82, 2.24) is 4.90 Å². The van der Waals surface area contributed by atoms with Crippen LogP contribution in [0.25, 0.3) is 0 Å². The first-order valence-electron chi connectivity index (χ1n) is 15.4. The van der Waals surface area contributed by atoms with Crippen LogP contribution in [0.4, 0.5) is 29.3 Å². The zero-order chi connectivity index (χ0) is 33.5. The monoisotopic (exact) mass is 629 g/mol. The van der Waals surface area contributed by atoms with Gasteiger partial charge in [-0.25, -0.2) is 4.79 Å². The van der Waals surface area contributed by atoms with Crippen molar-refractivity contribution in [2.45, 2.75) is 78.5 Å². The summed E-state index contributed by atoms with van der Waals surface area (Å²) in [6.07, 6.45) is 0.899. The standard InChI is InChI=1S/C30H36F3N5O3.C4H10/c1-5-6-24(36-25-16-20(7-8-23(25)30(31,32)33)37-12-10-29(3,40)17-37)27-22(9-11-38(27)28(35)39)26(34)19-13-18(2)14-21(15-19)41-4;1-3-4-2/h6-8,13-16,34,36,40H,5,9-12,17H2,1-4H3,(H2,35,39);3-4H2,1-2H3/b24-6+,34-26?;. The lowest BCUT2D eigenvalue weighted by Crippen LogP contribution is -2.34. The van der Waals surface area contributed by atoms with E-state index in [-0.39, 0.29) is 35.9 Å². The minimum absolute atomic E-state index is 0.124. The molecule has 2 aromatic rings. The van der Waals surface area contributed by atoms with Crippen LogP contribution in [0.2, 0.25) is 0 Å². The third-order valence-corrected chi connectivity index (χ3v) is 7.84. The van der Waals surface area contributed by atoms with E-state index in [4.69, 9.17) is 15.9 Å². The molecule has 11 heteroatoms. The zero-order valence-electron chi connectivity index (χ0n) is 27.1. The number of hydrogen-bond donors (Lipinski definition) is 4. The summed E-state index contributed by atoms with van der Waals surface area (Å²) >= 11 is 0. The van der Waals surface area contributed by atoms with E-state index in [1.165, 1.54) is 37.0 Å². The Hall–Kier alpha value is -3.99. The van der Waals surface area contributed by atoms with Gasteiger partial charge in [0, 0.05) is 36.5 Å². The molecule has 5 N–H and O–H groups in total. The zero-order valence-corrected chi connectivity index (χ0v) is 27.1. The van der Waals surface area contributed by atoms with Gasteiger partial charge < -0.3 is 25.8 Å². The van der Waals surface area contributed by atoms with Crippen LogP contribution < -0.4 is 20.7 Å². The second kappa shape index (κ2) is 14.9. The number of nitrogens with two attached hydrogens (primary N) is 1. The maximum absolute atomic E-state index is 14.2. The van der Waals surface area contributed by atoms with Gasteiger partial charge in [-0.15, -0.1) is 0 Å². The first kappa shape index (κ1) is 35.5. The number of ether oxygens (including phenoxy) is 1. The summed E-state index contributed by atoms with van der Waals surface area (Å²) in [6.45, 7) is 10.7. The molecule has 8 nitrogen and oxygen atoms in total. The number of halogens is 3. The Kier molecular flexibility index (Phi) is 11.7. The molecule has 246 valence electrons. The third kappa shape index (κ3) is 8.81. The number of carbonyl (C=O) groups excluding carboxylic acids is 1. The van der Waals surface area contributed by atoms with Gasteiger partial charge in [-0.3, -0.25) is 10.3 Å². The van der Waals surface area contributed by atoms with E-state index in [1.807, 2.05) is 30.9 Å². The van der Waals surface area contributed by atoms with Crippen LogP contribution in [0.15, 0.2) is 59.4 Å². The van der Waals surface area contributed by atoms with Crippen molar-refractivity contribution in [2.75, 3.05) is 37.0 Å². The predicted molar refractivity (Wildman–Crippen MR) is 174 cm³/mol. The van der Waals surface area contributed by atoms with Gasteiger partial charge in [0.05, 0.1) is 41.1 Å². The normalized spacial score (nSPS) is 18.6. The van der Waals surface area contributed by atoms with E-state index in [0.717, 1.165) is 11.6 Å². The van der Waals surface area contributed by atoms with Crippen LogP contribution in [0.5, 0.6) is 5.75 Å². The molecule has 0 spiro atoms. The molecule has 1 fully saturated rings. The molecule has 0 radical (unpaired) electrons. The number of nitrogens with one attached hydrogen (secondary N) is 2. The molecule has 1 unspecified atom stereocenters. The van der Waals surface area contributed by atoms with E-state index in [9.17, 15) is 23.1 Å². The molecule has 45 heavy (non-hydrogen) atoms. The van der Waals surface area contributed by atoms with Gasteiger partial charge in [-0.05, 0) is 75.1 Å². The van der Waals surface area contributed by atoms with E-state index < -0.39 is 23.4 Å². The fraction of sp³-hybridized carbons (Fsp3) is 0.471. The Morgan fingerprint density at radius 3 is 2.38 bits per heavy atom. The number of rotatable bonds is 9. The number of amides is 2. The largest absolute Gasteiger partial charge is 0.497 e. The topological polar surface area (TPSA) is 115 Å². The highest BCUT2D eigenvalue weighted by molar-refractivity contribution is 6.12. The molecule has 0 aromatic heterocycles. The summed E-state index contributed by atoms with van der Waals surface area (Å²) in [4.78, 5) is 15.6. The molecule has 4 rings (SSSR count). The first-order chi connectivity index (χ1) is 21.1. The predicted octanol–water partition coefficient (Wildman–Crippen LogP) is 7.60. The summed E-state index contributed by atoms with van der Waals surface area (Å²) in [5.41, 5.74) is 6.77. The molecular formula is C34H46F3N5O3. The lowest BCUT2D eigenvalue weighted by molar-refractivity contribution is -0.136. The highest BCUT2D eigenvalue weighted by atomic mass is 19.4. The number of alkyl halides is 3. The highest BCUT2D eigenvalue weighted by Crippen LogP contribution is 2.40. The summed E-state index contributed by atoms with van der Waals surface area (Å²) in [7, 11) is 1.53. The van der Waals surface area contributed by atoms with E-state index in [0.29, 0.717) is 48.4 Å². The van der Waals surface area contributed by atoms with E-state index >= 15 is 0 Å². The van der Waals surface area contributed by atoms with Crippen LogP contribution in [-0.4, -0.2) is 54.1 Å². The van der Waals surface area contributed by atoms with Crippen molar-refractivity contribution in [1.29, 1.82) is 5.41 Å². The van der Waals surface area contributed by atoms with Gasteiger partial charge in [0.25, 0.3) is 0 Å². The van der Waals surface area contributed by atoms with Gasteiger partial charge in [-0.1, -0.05) is 39.7 Å². The lowest BCUT2D eigenvalue weighted by atomic mass is 9.97.